The third kappa shape index (κ3) is 2.72. The third-order valence-electron chi connectivity index (χ3n) is 3.10. The Morgan fingerprint density at radius 2 is 2.19 bits per heavy atom. The van der Waals surface area contributed by atoms with Crippen LogP contribution in [-0.2, 0) is 14.3 Å². The van der Waals surface area contributed by atoms with E-state index in [-0.39, 0.29) is 17.9 Å². The fraction of sp³-hybridized carbons (Fsp3) is 0.909. The fourth-order valence-corrected chi connectivity index (χ4v) is 2.15. The van der Waals surface area contributed by atoms with Gasteiger partial charge >= 0.3 is 0 Å². The zero-order chi connectivity index (χ0) is 12.3. The van der Waals surface area contributed by atoms with Gasteiger partial charge in [-0.15, -0.1) is 0 Å². The van der Waals surface area contributed by atoms with Crippen LogP contribution in [0.4, 0.5) is 0 Å². The summed E-state index contributed by atoms with van der Waals surface area (Å²) in [5, 5.41) is 12.8. The Labute approximate surface area is 96.1 Å². The fourth-order valence-electron chi connectivity index (χ4n) is 2.15. The van der Waals surface area contributed by atoms with Crippen molar-refractivity contribution >= 4 is 5.91 Å². The summed E-state index contributed by atoms with van der Waals surface area (Å²) in [7, 11) is 1.51. The van der Waals surface area contributed by atoms with E-state index in [0.717, 1.165) is 6.42 Å². The molecule has 5 nitrogen and oxygen atoms in total. The van der Waals surface area contributed by atoms with Crippen molar-refractivity contribution in [2.45, 2.75) is 51.7 Å². The van der Waals surface area contributed by atoms with E-state index >= 15 is 0 Å². The van der Waals surface area contributed by atoms with Crippen molar-refractivity contribution in [2.75, 3.05) is 7.11 Å². The second kappa shape index (κ2) is 5.61. The van der Waals surface area contributed by atoms with Crippen LogP contribution in [-0.4, -0.2) is 42.7 Å². The lowest BCUT2D eigenvalue weighted by atomic mass is 9.88. The molecule has 16 heavy (non-hydrogen) atoms. The van der Waals surface area contributed by atoms with Gasteiger partial charge in [0.2, 0.25) is 5.91 Å². The van der Waals surface area contributed by atoms with Crippen molar-refractivity contribution in [1.29, 1.82) is 0 Å². The average Bonchev–Trinajstić information content (AvgIpc) is 2.25. The Morgan fingerprint density at radius 1 is 1.56 bits per heavy atom. The minimum absolute atomic E-state index is 0.0201. The van der Waals surface area contributed by atoms with Crippen LogP contribution in [0.15, 0.2) is 0 Å². The van der Waals surface area contributed by atoms with E-state index in [1.165, 1.54) is 14.0 Å². The normalized spacial score (nSPS) is 39.4. The first-order valence-electron chi connectivity index (χ1n) is 5.64. The number of carbonyl (C=O) groups excluding carboxylic acids is 1. The molecule has 1 heterocycles. The summed E-state index contributed by atoms with van der Waals surface area (Å²) in [6, 6.07) is -0.500. The van der Waals surface area contributed by atoms with Crippen molar-refractivity contribution in [3.63, 3.8) is 0 Å². The summed E-state index contributed by atoms with van der Waals surface area (Å²) < 4.78 is 10.8. The standard InChI is InChI=1S/C11H21NO4/c1-5-8-6(2)10(14)9(12-7(3)13)11(15-4)16-8/h6,8-11,14H,5H2,1-4H3,(H,12,13)/t6?,8-,9-,10?,11?/m0/s1. The summed E-state index contributed by atoms with van der Waals surface area (Å²) in [4.78, 5) is 11.0. The minimum Gasteiger partial charge on any atom is -0.390 e. The number of hydrogen-bond acceptors (Lipinski definition) is 4. The number of aliphatic hydroxyl groups is 1. The molecule has 5 heteroatoms. The van der Waals surface area contributed by atoms with Crippen LogP contribution in [0.25, 0.3) is 0 Å². The Hall–Kier alpha value is -0.650. The van der Waals surface area contributed by atoms with E-state index in [0.29, 0.717) is 0 Å². The van der Waals surface area contributed by atoms with Gasteiger partial charge in [0.25, 0.3) is 0 Å². The van der Waals surface area contributed by atoms with Gasteiger partial charge in [0.1, 0.15) is 6.04 Å². The van der Waals surface area contributed by atoms with Crippen LogP contribution in [0.2, 0.25) is 0 Å². The molecule has 1 saturated heterocycles. The molecule has 0 aliphatic carbocycles. The highest BCUT2D eigenvalue weighted by molar-refractivity contribution is 5.73. The van der Waals surface area contributed by atoms with E-state index in [2.05, 4.69) is 5.32 Å². The van der Waals surface area contributed by atoms with Gasteiger partial charge in [-0.05, 0) is 6.42 Å². The van der Waals surface area contributed by atoms with Crippen LogP contribution < -0.4 is 5.32 Å². The van der Waals surface area contributed by atoms with Crippen molar-refractivity contribution in [2.24, 2.45) is 5.92 Å². The van der Waals surface area contributed by atoms with Crippen LogP contribution in [0.5, 0.6) is 0 Å². The smallest absolute Gasteiger partial charge is 0.217 e. The summed E-state index contributed by atoms with van der Waals surface area (Å²) in [5.74, 6) is -0.218. The second-order valence-corrected chi connectivity index (χ2v) is 4.26. The Morgan fingerprint density at radius 3 is 2.62 bits per heavy atom. The lowest BCUT2D eigenvalue weighted by Gasteiger charge is -2.43. The maximum absolute atomic E-state index is 11.0. The molecule has 1 fully saturated rings. The lowest BCUT2D eigenvalue weighted by molar-refractivity contribution is -0.239. The summed E-state index contributed by atoms with van der Waals surface area (Å²) in [6.07, 6.45) is -0.456. The number of hydrogen-bond donors (Lipinski definition) is 2. The molecular weight excluding hydrogens is 210 g/mol. The molecule has 0 aromatic carbocycles. The highest BCUT2D eigenvalue weighted by Gasteiger charge is 2.42. The zero-order valence-electron chi connectivity index (χ0n) is 10.3. The Kier molecular flexibility index (Phi) is 4.70. The monoisotopic (exact) mass is 231 g/mol. The zero-order valence-corrected chi connectivity index (χ0v) is 10.3. The second-order valence-electron chi connectivity index (χ2n) is 4.26. The first-order chi connectivity index (χ1) is 7.51. The van der Waals surface area contributed by atoms with Gasteiger partial charge in [0, 0.05) is 20.0 Å². The number of ether oxygens (including phenoxy) is 2. The topological polar surface area (TPSA) is 67.8 Å². The lowest BCUT2D eigenvalue weighted by Crippen LogP contribution is -2.60. The molecule has 94 valence electrons. The number of carbonyl (C=O) groups is 1. The van der Waals surface area contributed by atoms with Crippen LogP contribution in [0, 0.1) is 5.92 Å². The first-order valence-corrected chi connectivity index (χ1v) is 5.64. The van der Waals surface area contributed by atoms with E-state index in [4.69, 9.17) is 9.47 Å². The number of amides is 1. The van der Waals surface area contributed by atoms with Gasteiger partial charge in [0.05, 0.1) is 12.2 Å². The predicted octanol–water partition coefficient (Wildman–Crippen LogP) is 0.269. The molecule has 0 aromatic rings. The molecule has 3 unspecified atom stereocenters. The molecule has 0 saturated carbocycles. The highest BCUT2D eigenvalue weighted by Crippen LogP contribution is 2.27. The van der Waals surface area contributed by atoms with Crippen LogP contribution >= 0.6 is 0 Å². The molecule has 5 atom stereocenters. The van der Waals surface area contributed by atoms with Crippen molar-refractivity contribution in [3.8, 4) is 0 Å². The SMILES string of the molecule is CC[C@@H]1OC(OC)[C@@H](NC(C)=O)C(O)C1C. The molecule has 0 aromatic heterocycles. The maximum Gasteiger partial charge on any atom is 0.217 e. The minimum atomic E-state index is -0.646. The van der Waals surface area contributed by atoms with Crippen molar-refractivity contribution in [3.05, 3.63) is 0 Å². The largest absolute Gasteiger partial charge is 0.390 e. The van der Waals surface area contributed by atoms with Gasteiger partial charge in [-0.3, -0.25) is 4.79 Å². The summed E-state index contributed by atoms with van der Waals surface area (Å²) >= 11 is 0. The molecule has 1 aliphatic heterocycles. The summed E-state index contributed by atoms with van der Waals surface area (Å²) in [5.41, 5.74) is 0. The van der Waals surface area contributed by atoms with Gasteiger partial charge in [-0.25, -0.2) is 0 Å². The first kappa shape index (κ1) is 13.4. The highest BCUT2D eigenvalue weighted by atomic mass is 16.7. The Bertz CT molecular complexity index is 244. The molecule has 1 rings (SSSR count). The molecule has 1 aliphatic rings. The Balaban J connectivity index is 2.77. The van der Waals surface area contributed by atoms with Crippen molar-refractivity contribution in [1.82, 2.24) is 5.32 Å². The predicted molar refractivity (Wildman–Crippen MR) is 58.7 cm³/mol. The van der Waals surface area contributed by atoms with E-state index in [1.807, 2.05) is 13.8 Å². The van der Waals surface area contributed by atoms with Crippen molar-refractivity contribution < 1.29 is 19.4 Å². The molecule has 1 amide bonds. The molecule has 0 bridgehead atoms. The molecule has 0 spiro atoms. The summed E-state index contributed by atoms with van der Waals surface area (Å²) in [6.45, 7) is 5.33. The number of aliphatic hydroxyl groups excluding tert-OH is 1. The number of methoxy groups -OCH3 is 1. The quantitative estimate of drug-likeness (QED) is 0.731. The molecular formula is C11H21NO4. The van der Waals surface area contributed by atoms with E-state index < -0.39 is 18.4 Å². The molecule has 2 N–H and O–H groups in total. The van der Waals surface area contributed by atoms with E-state index in [1.54, 1.807) is 0 Å². The molecule has 0 radical (unpaired) electrons. The van der Waals surface area contributed by atoms with Crippen LogP contribution in [0.1, 0.15) is 27.2 Å². The third-order valence-corrected chi connectivity index (χ3v) is 3.10. The number of rotatable bonds is 3. The maximum atomic E-state index is 11.0. The number of nitrogens with one attached hydrogen (secondary N) is 1. The van der Waals surface area contributed by atoms with Gasteiger partial charge in [-0.2, -0.15) is 0 Å². The average molecular weight is 231 g/mol. The van der Waals surface area contributed by atoms with Gasteiger partial charge in [0.15, 0.2) is 6.29 Å². The van der Waals surface area contributed by atoms with Crippen LogP contribution in [0.3, 0.4) is 0 Å². The van der Waals surface area contributed by atoms with Gasteiger partial charge in [-0.1, -0.05) is 13.8 Å². The van der Waals surface area contributed by atoms with E-state index in [9.17, 15) is 9.90 Å². The van der Waals surface area contributed by atoms with Gasteiger partial charge < -0.3 is 19.9 Å².